The van der Waals surface area contributed by atoms with Gasteiger partial charge in [-0.15, -0.1) is 11.3 Å². The van der Waals surface area contributed by atoms with Crippen LogP contribution in [-0.4, -0.2) is 57.4 Å². The highest BCUT2D eigenvalue weighted by molar-refractivity contribution is 7.09. The molecule has 0 saturated carbocycles. The standard InChI is InChI=1S/C22H33N5O2S/c1-5-21-25-17(15-30-21)7-9-24-22(23-6-2)26-16-8-10-27(14-16)18-11-19(28-3)13-20(12-18)29-4/h11-13,15-16H,5-10,14H2,1-4H3,(H2,23,24,26). The average molecular weight is 432 g/mol. The van der Waals surface area contributed by atoms with E-state index in [0.717, 1.165) is 74.3 Å². The minimum absolute atomic E-state index is 0.339. The molecule has 0 radical (unpaired) electrons. The Bertz CT molecular complexity index is 816. The van der Waals surface area contributed by atoms with E-state index < -0.39 is 0 Å². The van der Waals surface area contributed by atoms with E-state index in [0.29, 0.717) is 6.04 Å². The number of anilines is 1. The highest BCUT2D eigenvalue weighted by atomic mass is 32.1. The van der Waals surface area contributed by atoms with E-state index in [4.69, 9.17) is 14.5 Å². The summed E-state index contributed by atoms with van der Waals surface area (Å²) in [5, 5.41) is 10.3. The first-order chi connectivity index (χ1) is 14.6. The molecule has 0 bridgehead atoms. The van der Waals surface area contributed by atoms with Crippen molar-refractivity contribution in [1.82, 2.24) is 15.6 Å². The van der Waals surface area contributed by atoms with Crippen LogP contribution in [0, 0.1) is 0 Å². The molecule has 2 N–H and O–H groups in total. The van der Waals surface area contributed by atoms with E-state index in [1.807, 2.05) is 6.07 Å². The Balaban J connectivity index is 1.57. The summed E-state index contributed by atoms with van der Waals surface area (Å²) in [6.07, 6.45) is 2.92. The third-order valence-corrected chi connectivity index (χ3v) is 6.16. The molecule has 1 fully saturated rings. The predicted molar refractivity (Wildman–Crippen MR) is 124 cm³/mol. The van der Waals surface area contributed by atoms with Gasteiger partial charge in [0, 0.05) is 67.9 Å². The highest BCUT2D eigenvalue weighted by Gasteiger charge is 2.24. The van der Waals surface area contributed by atoms with Crippen molar-refractivity contribution in [2.24, 2.45) is 4.99 Å². The van der Waals surface area contributed by atoms with Gasteiger partial charge in [-0.1, -0.05) is 6.92 Å². The predicted octanol–water partition coefficient (Wildman–Crippen LogP) is 3.10. The third-order valence-electron chi connectivity index (χ3n) is 5.11. The van der Waals surface area contributed by atoms with Crippen LogP contribution in [0.3, 0.4) is 0 Å². The number of aliphatic imine (C=N–C) groups is 1. The van der Waals surface area contributed by atoms with Crippen LogP contribution >= 0.6 is 11.3 Å². The Morgan fingerprint density at radius 3 is 2.63 bits per heavy atom. The second-order valence-electron chi connectivity index (χ2n) is 7.24. The highest BCUT2D eigenvalue weighted by Crippen LogP contribution is 2.30. The number of nitrogens with zero attached hydrogens (tertiary/aromatic N) is 3. The minimum atomic E-state index is 0.339. The molecule has 1 unspecified atom stereocenters. The van der Waals surface area contributed by atoms with Gasteiger partial charge in [0.05, 0.1) is 24.9 Å². The van der Waals surface area contributed by atoms with Gasteiger partial charge in [0.2, 0.25) is 0 Å². The smallest absolute Gasteiger partial charge is 0.191 e. The lowest BCUT2D eigenvalue weighted by Gasteiger charge is -2.21. The topological polar surface area (TPSA) is 71.0 Å². The van der Waals surface area contributed by atoms with Gasteiger partial charge in [-0.2, -0.15) is 0 Å². The fourth-order valence-corrected chi connectivity index (χ4v) is 4.29. The Morgan fingerprint density at radius 1 is 1.23 bits per heavy atom. The number of guanidine groups is 1. The van der Waals surface area contributed by atoms with Crippen LogP contribution in [0.1, 0.15) is 31.0 Å². The fraction of sp³-hybridized carbons (Fsp3) is 0.545. The van der Waals surface area contributed by atoms with Crippen molar-refractivity contribution in [1.29, 1.82) is 0 Å². The van der Waals surface area contributed by atoms with Crippen molar-refractivity contribution in [3.05, 3.63) is 34.3 Å². The zero-order valence-electron chi connectivity index (χ0n) is 18.4. The lowest BCUT2D eigenvalue weighted by Crippen LogP contribution is -2.44. The Morgan fingerprint density at radius 2 is 2.00 bits per heavy atom. The first-order valence-corrected chi connectivity index (χ1v) is 11.5. The second kappa shape index (κ2) is 11.1. The maximum absolute atomic E-state index is 5.41. The number of benzene rings is 1. The van der Waals surface area contributed by atoms with Gasteiger partial charge < -0.3 is 25.0 Å². The van der Waals surface area contributed by atoms with Crippen molar-refractivity contribution in [3.8, 4) is 11.5 Å². The van der Waals surface area contributed by atoms with Crippen molar-refractivity contribution >= 4 is 23.0 Å². The van der Waals surface area contributed by atoms with Gasteiger partial charge in [0.15, 0.2) is 5.96 Å². The number of aryl methyl sites for hydroxylation is 1. The summed E-state index contributed by atoms with van der Waals surface area (Å²) in [6.45, 7) is 7.69. The molecule has 1 saturated heterocycles. The van der Waals surface area contributed by atoms with Crippen LogP contribution < -0.4 is 25.0 Å². The first-order valence-electron chi connectivity index (χ1n) is 10.6. The first kappa shape index (κ1) is 22.2. The molecule has 2 heterocycles. The van der Waals surface area contributed by atoms with Gasteiger partial charge in [0.1, 0.15) is 11.5 Å². The number of aromatic nitrogens is 1. The van der Waals surface area contributed by atoms with Crippen molar-refractivity contribution in [3.63, 3.8) is 0 Å². The van der Waals surface area contributed by atoms with Crippen LogP contribution in [0.2, 0.25) is 0 Å². The number of rotatable bonds is 9. The van der Waals surface area contributed by atoms with Gasteiger partial charge >= 0.3 is 0 Å². The van der Waals surface area contributed by atoms with E-state index >= 15 is 0 Å². The van der Waals surface area contributed by atoms with Crippen molar-refractivity contribution in [2.75, 3.05) is 45.3 Å². The fourth-order valence-electron chi connectivity index (χ4n) is 3.51. The molecular weight excluding hydrogens is 398 g/mol. The molecule has 7 nitrogen and oxygen atoms in total. The number of nitrogens with one attached hydrogen (secondary N) is 2. The number of methoxy groups -OCH3 is 2. The molecule has 1 aromatic heterocycles. The van der Waals surface area contributed by atoms with E-state index in [-0.39, 0.29) is 0 Å². The summed E-state index contributed by atoms with van der Waals surface area (Å²) in [6, 6.07) is 6.35. The van der Waals surface area contributed by atoms with E-state index in [2.05, 4.69) is 51.9 Å². The number of ether oxygens (including phenoxy) is 2. The van der Waals surface area contributed by atoms with Gasteiger partial charge in [-0.05, 0) is 19.8 Å². The van der Waals surface area contributed by atoms with Crippen molar-refractivity contribution < 1.29 is 9.47 Å². The van der Waals surface area contributed by atoms with Crippen molar-refractivity contribution in [2.45, 2.75) is 39.2 Å². The van der Waals surface area contributed by atoms with E-state index in [9.17, 15) is 0 Å². The normalized spacial score (nSPS) is 16.6. The molecule has 1 aliphatic heterocycles. The lowest BCUT2D eigenvalue weighted by molar-refractivity contribution is 0.394. The molecule has 2 aromatic rings. The SMILES string of the molecule is CCNC(=NCCc1csc(CC)n1)NC1CCN(c2cc(OC)cc(OC)c2)C1. The van der Waals surface area contributed by atoms with Crippen LogP contribution in [-0.2, 0) is 12.8 Å². The summed E-state index contributed by atoms with van der Waals surface area (Å²) < 4.78 is 10.8. The summed E-state index contributed by atoms with van der Waals surface area (Å²) in [5.74, 6) is 2.49. The number of thiazole rings is 1. The monoisotopic (exact) mass is 431 g/mol. The van der Waals surface area contributed by atoms with Crippen LogP contribution in [0.4, 0.5) is 5.69 Å². The second-order valence-corrected chi connectivity index (χ2v) is 8.19. The molecule has 0 amide bonds. The largest absolute Gasteiger partial charge is 0.497 e. The maximum Gasteiger partial charge on any atom is 0.191 e. The summed E-state index contributed by atoms with van der Waals surface area (Å²) in [5.41, 5.74) is 2.25. The van der Waals surface area contributed by atoms with Gasteiger partial charge in [-0.3, -0.25) is 4.99 Å². The average Bonchev–Trinajstić information content (AvgIpc) is 3.43. The Hall–Kier alpha value is -2.48. The molecule has 0 aliphatic carbocycles. The third kappa shape index (κ3) is 6.01. The Kier molecular flexibility index (Phi) is 8.19. The van der Waals surface area contributed by atoms with E-state index in [1.165, 1.54) is 5.01 Å². The molecule has 1 atom stereocenters. The number of hydrogen-bond acceptors (Lipinski definition) is 6. The molecular formula is C22H33N5O2S. The zero-order chi connectivity index (χ0) is 21.3. The molecule has 8 heteroatoms. The minimum Gasteiger partial charge on any atom is -0.497 e. The van der Waals surface area contributed by atoms with Gasteiger partial charge in [-0.25, -0.2) is 4.98 Å². The maximum atomic E-state index is 5.41. The zero-order valence-corrected chi connectivity index (χ0v) is 19.2. The molecule has 0 spiro atoms. The summed E-state index contributed by atoms with van der Waals surface area (Å²) in [7, 11) is 3.36. The van der Waals surface area contributed by atoms with E-state index in [1.54, 1.807) is 25.6 Å². The van der Waals surface area contributed by atoms with Gasteiger partial charge in [0.25, 0.3) is 0 Å². The van der Waals surface area contributed by atoms with Crippen LogP contribution in [0.5, 0.6) is 11.5 Å². The lowest BCUT2D eigenvalue weighted by atomic mass is 10.2. The summed E-state index contributed by atoms with van der Waals surface area (Å²) in [4.78, 5) is 11.7. The summed E-state index contributed by atoms with van der Waals surface area (Å²) >= 11 is 1.73. The quantitative estimate of drug-likeness (QED) is 0.470. The van der Waals surface area contributed by atoms with Crippen LogP contribution in [0.25, 0.3) is 0 Å². The number of hydrogen-bond donors (Lipinski definition) is 2. The molecule has 1 aliphatic rings. The van der Waals surface area contributed by atoms with Crippen LogP contribution in [0.15, 0.2) is 28.6 Å². The molecule has 3 rings (SSSR count). The molecule has 30 heavy (non-hydrogen) atoms. The Labute approximate surface area is 183 Å². The molecule has 1 aromatic carbocycles. The molecule has 164 valence electrons.